The van der Waals surface area contributed by atoms with Crippen molar-refractivity contribution in [3.8, 4) is 0 Å². The molecule has 1 heterocycles. The van der Waals surface area contributed by atoms with Crippen LogP contribution in [-0.2, 0) is 4.79 Å². The fourth-order valence-electron chi connectivity index (χ4n) is 5.82. The largest absolute Gasteiger partial charge is 0.340 e. The van der Waals surface area contributed by atoms with E-state index in [4.69, 9.17) is 0 Å². The normalized spacial score (nSPS) is 49.3. The summed E-state index contributed by atoms with van der Waals surface area (Å²) in [7, 11) is 0. The Bertz CT molecular complexity index is 340. The lowest BCUT2D eigenvalue weighted by atomic mass is 9.49. The summed E-state index contributed by atoms with van der Waals surface area (Å²) >= 11 is 0. The van der Waals surface area contributed by atoms with Crippen LogP contribution in [0.5, 0.6) is 0 Å². The van der Waals surface area contributed by atoms with Crippen LogP contribution in [0.1, 0.15) is 58.3 Å². The van der Waals surface area contributed by atoms with Crippen molar-refractivity contribution in [3.63, 3.8) is 0 Å². The van der Waals surface area contributed by atoms with E-state index in [-0.39, 0.29) is 0 Å². The summed E-state index contributed by atoms with van der Waals surface area (Å²) in [6.45, 7) is 3.22. The Labute approximate surface area is 110 Å². The van der Waals surface area contributed by atoms with Gasteiger partial charge in [-0.25, -0.2) is 0 Å². The second-order valence-electron chi connectivity index (χ2n) is 7.82. The number of rotatable bonds is 2. The van der Waals surface area contributed by atoms with Gasteiger partial charge in [0.25, 0.3) is 0 Å². The summed E-state index contributed by atoms with van der Waals surface area (Å²) in [4.78, 5) is 14.6. The number of nitrogens with zero attached hydrogens (tertiary/aromatic N) is 1. The zero-order chi connectivity index (χ0) is 12.3. The van der Waals surface area contributed by atoms with Gasteiger partial charge in [-0.2, -0.15) is 0 Å². The Morgan fingerprint density at radius 1 is 1.11 bits per heavy atom. The molecule has 5 rings (SSSR count). The monoisotopic (exact) mass is 247 g/mol. The van der Waals surface area contributed by atoms with Crippen LogP contribution in [0.2, 0.25) is 0 Å². The number of likely N-dealkylation sites (tertiary alicyclic amines) is 1. The second-order valence-corrected chi connectivity index (χ2v) is 7.82. The highest BCUT2D eigenvalue weighted by Crippen LogP contribution is 2.61. The predicted octanol–water partition coefficient (Wildman–Crippen LogP) is 3.21. The molecule has 0 aromatic heterocycles. The first-order valence-electron chi connectivity index (χ1n) is 7.93. The molecule has 1 saturated heterocycles. The zero-order valence-corrected chi connectivity index (χ0v) is 11.5. The molecular formula is C16H25NO. The summed E-state index contributed by atoms with van der Waals surface area (Å²) in [5.41, 5.74) is 0.432. The smallest absolute Gasteiger partial charge is 0.223 e. The van der Waals surface area contributed by atoms with Gasteiger partial charge in [-0.3, -0.25) is 4.79 Å². The third-order valence-electron chi connectivity index (χ3n) is 6.33. The van der Waals surface area contributed by atoms with Crippen LogP contribution in [0.25, 0.3) is 0 Å². The first kappa shape index (κ1) is 11.3. The molecule has 100 valence electrons. The molecule has 1 unspecified atom stereocenters. The van der Waals surface area contributed by atoms with Crippen LogP contribution >= 0.6 is 0 Å². The van der Waals surface area contributed by atoms with E-state index in [1.54, 1.807) is 0 Å². The van der Waals surface area contributed by atoms with Crippen LogP contribution < -0.4 is 0 Å². The van der Waals surface area contributed by atoms with Crippen molar-refractivity contribution in [3.05, 3.63) is 0 Å². The molecule has 2 heteroatoms. The number of hydrogen-bond donors (Lipinski definition) is 0. The Kier molecular flexibility index (Phi) is 2.35. The Morgan fingerprint density at radius 2 is 1.67 bits per heavy atom. The van der Waals surface area contributed by atoms with Crippen molar-refractivity contribution in [2.45, 2.75) is 64.3 Å². The third-order valence-corrected chi connectivity index (χ3v) is 6.33. The van der Waals surface area contributed by atoms with Crippen LogP contribution in [0.4, 0.5) is 0 Å². The molecule has 1 amide bonds. The maximum Gasteiger partial charge on any atom is 0.223 e. The fraction of sp³-hybridized carbons (Fsp3) is 0.938. The molecule has 4 aliphatic carbocycles. The minimum atomic E-state index is 0.432. The molecule has 0 spiro atoms. The molecule has 0 radical (unpaired) electrons. The number of amides is 1. The molecule has 1 aliphatic heterocycles. The van der Waals surface area contributed by atoms with Gasteiger partial charge >= 0.3 is 0 Å². The standard InChI is InChI=1S/C16H25NO/c1-11-2-3-17(11)15(18)10-16-7-12-4-13(8-16)6-14(5-12)9-16/h11-14H,2-10H2,1H3. The van der Waals surface area contributed by atoms with E-state index in [1.807, 2.05) is 0 Å². The van der Waals surface area contributed by atoms with Crippen molar-refractivity contribution in [1.29, 1.82) is 0 Å². The van der Waals surface area contributed by atoms with Crippen LogP contribution in [0.3, 0.4) is 0 Å². The van der Waals surface area contributed by atoms with E-state index in [0.717, 1.165) is 30.7 Å². The lowest BCUT2D eigenvalue weighted by molar-refractivity contribution is -0.146. The maximum absolute atomic E-state index is 12.4. The van der Waals surface area contributed by atoms with Crippen LogP contribution in [0.15, 0.2) is 0 Å². The lowest BCUT2D eigenvalue weighted by Gasteiger charge is -2.57. The minimum absolute atomic E-state index is 0.432. The van der Waals surface area contributed by atoms with Gasteiger partial charge in [-0.15, -0.1) is 0 Å². The van der Waals surface area contributed by atoms with E-state index in [1.165, 1.54) is 44.9 Å². The first-order chi connectivity index (χ1) is 8.63. The number of carbonyl (C=O) groups is 1. The van der Waals surface area contributed by atoms with Gasteiger partial charge < -0.3 is 4.90 Å². The Hall–Kier alpha value is -0.530. The molecule has 0 aromatic rings. The van der Waals surface area contributed by atoms with E-state index in [0.29, 0.717) is 17.4 Å². The van der Waals surface area contributed by atoms with Crippen molar-refractivity contribution in [1.82, 2.24) is 4.90 Å². The summed E-state index contributed by atoms with van der Waals surface area (Å²) in [6.07, 6.45) is 10.6. The Balaban J connectivity index is 1.49. The average molecular weight is 247 g/mol. The zero-order valence-electron chi connectivity index (χ0n) is 11.5. The SMILES string of the molecule is CC1CCN1C(=O)CC12CC3CC(CC(C3)C1)C2. The number of carbonyl (C=O) groups excluding carboxylic acids is 1. The molecular weight excluding hydrogens is 222 g/mol. The molecule has 0 aromatic carbocycles. The molecule has 0 N–H and O–H groups in total. The van der Waals surface area contributed by atoms with Crippen LogP contribution in [0, 0.1) is 23.2 Å². The van der Waals surface area contributed by atoms with E-state index < -0.39 is 0 Å². The second kappa shape index (κ2) is 3.74. The summed E-state index contributed by atoms with van der Waals surface area (Å²) in [5.74, 6) is 3.38. The van der Waals surface area contributed by atoms with Crippen molar-refractivity contribution in [2.24, 2.45) is 23.2 Å². The van der Waals surface area contributed by atoms with Gasteiger partial charge in [0.1, 0.15) is 0 Å². The average Bonchev–Trinajstić information content (AvgIpc) is 2.23. The van der Waals surface area contributed by atoms with E-state index >= 15 is 0 Å². The highest BCUT2D eigenvalue weighted by atomic mass is 16.2. The maximum atomic E-state index is 12.4. The van der Waals surface area contributed by atoms with Gasteiger partial charge in [0.15, 0.2) is 0 Å². The number of hydrogen-bond acceptors (Lipinski definition) is 1. The minimum Gasteiger partial charge on any atom is -0.340 e. The van der Waals surface area contributed by atoms with Gasteiger partial charge in [-0.05, 0) is 75.0 Å². The van der Waals surface area contributed by atoms with Gasteiger partial charge in [0, 0.05) is 19.0 Å². The third kappa shape index (κ3) is 1.64. The van der Waals surface area contributed by atoms with Gasteiger partial charge in [0.2, 0.25) is 5.91 Å². The van der Waals surface area contributed by atoms with Gasteiger partial charge in [-0.1, -0.05) is 0 Å². The predicted molar refractivity (Wildman–Crippen MR) is 71.0 cm³/mol. The highest BCUT2D eigenvalue weighted by Gasteiger charge is 2.52. The van der Waals surface area contributed by atoms with Crippen molar-refractivity contribution in [2.75, 3.05) is 6.54 Å². The van der Waals surface area contributed by atoms with Crippen molar-refractivity contribution >= 4 is 5.91 Å². The van der Waals surface area contributed by atoms with Crippen molar-refractivity contribution < 1.29 is 4.79 Å². The molecule has 5 aliphatic rings. The quantitative estimate of drug-likeness (QED) is 0.733. The Morgan fingerprint density at radius 3 is 2.06 bits per heavy atom. The summed E-state index contributed by atoms with van der Waals surface area (Å²) in [6, 6.07) is 0.520. The molecule has 4 saturated carbocycles. The van der Waals surface area contributed by atoms with E-state index in [2.05, 4.69) is 11.8 Å². The summed E-state index contributed by atoms with van der Waals surface area (Å²) in [5, 5.41) is 0. The fourth-order valence-corrected chi connectivity index (χ4v) is 5.82. The van der Waals surface area contributed by atoms with Crippen LogP contribution in [-0.4, -0.2) is 23.4 Å². The van der Waals surface area contributed by atoms with E-state index in [9.17, 15) is 4.79 Å². The van der Waals surface area contributed by atoms with Gasteiger partial charge in [0.05, 0.1) is 0 Å². The lowest BCUT2D eigenvalue weighted by Crippen LogP contribution is -2.53. The topological polar surface area (TPSA) is 20.3 Å². The molecule has 4 bridgehead atoms. The first-order valence-corrected chi connectivity index (χ1v) is 7.93. The highest BCUT2D eigenvalue weighted by molar-refractivity contribution is 5.78. The molecule has 18 heavy (non-hydrogen) atoms. The molecule has 5 fully saturated rings. The molecule has 1 atom stereocenters. The molecule has 2 nitrogen and oxygen atoms in total. The summed E-state index contributed by atoms with van der Waals surface area (Å²) < 4.78 is 0.